The van der Waals surface area contributed by atoms with Gasteiger partial charge in [0.25, 0.3) is 0 Å². The number of ether oxygens (including phenoxy) is 1. The molecule has 0 aliphatic heterocycles. The average molecular weight is 290 g/mol. The highest BCUT2D eigenvalue weighted by atomic mass is 19.4. The number of alkyl halides is 3. The summed E-state index contributed by atoms with van der Waals surface area (Å²) in [6, 6.07) is 5.58. The van der Waals surface area contributed by atoms with Crippen LogP contribution in [0.5, 0.6) is 5.75 Å². The molecule has 0 aromatic heterocycles. The molecule has 0 saturated heterocycles. The highest BCUT2D eigenvalue weighted by Crippen LogP contribution is 2.29. The van der Waals surface area contributed by atoms with E-state index >= 15 is 0 Å². The van der Waals surface area contributed by atoms with Gasteiger partial charge >= 0.3 is 6.18 Å². The van der Waals surface area contributed by atoms with E-state index in [-0.39, 0.29) is 19.3 Å². The van der Waals surface area contributed by atoms with Gasteiger partial charge in [0.15, 0.2) is 0 Å². The predicted octanol–water partition coefficient (Wildman–Crippen LogP) is 4.03. The van der Waals surface area contributed by atoms with Crippen LogP contribution in [0.2, 0.25) is 0 Å². The summed E-state index contributed by atoms with van der Waals surface area (Å²) in [5.74, 6) is 0.645. The third kappa shape index (κ3) is 5.82. The molecule has 114 valence electrons. The number of halogens is 3. The van der Waals surface area contributed by atoms with Gasteiger partial charge in [-0.25, -0.2) is 0 Å². The standard InChI is InChI=1S/C15H21F3O2/c1-11-5-6-13(20-3)12(9-11)10-14(2,19)7-4-8-15(16,17)18/h5-6,9,19H,4,7-8,10H2,1-3H3. The van der Waals surface area contributed by atoms with Crippen LogP contribution in [0.1, 0.15) is 37.3 Å². The summed E-state index contributed by atoms with van der Waals surface area (Å²) >= 11 is 0. The summed E-state index contributed by atoms with van der Waals surface area (Å²) in [6.07, 6.45) is -4.74. The van der Waals surface area contributed by atoms with Crippen LogP contribution in [0.4, 0.5) is 13.2 Å². The minimum Gasteiger partial charge on any atom is -0.496 e. The lowest BCUT2D eigenvalue weighted by molar-refractivity contribution is -0.137. The molecule has 5 heteroatoms. The lowest BCUT2D eigenvalue weighted by Gasteiger charge is -2.25. The van der Waals surface area contributed by atoms with E-state index in [1.165, 1.54) is 7.11 Å². The molecule has 2 nitrogen and oxygen atoms in total. The Morgan fingerprint density at radius 2 is 1.85 bits per heavy atom. The molecule has 1 aromatic rings. The molecule has 1 aromatic carbocycles. The highest BCUT2D eigenvalue weighted by Gasteiger charge is 2.29. The maximum absolute atomic E-state index is 12.1. The smallest absolute Gasteiger partial charge is 0.389 e. The summed E-state index contributed by atoms with van der Waals surface area (Å²) in [4.78, 5) is 0. The Morgan fingerprint density at radius 3 is 2.40 bits per heavy atom. The number of rotatable bonds is 6. The van der Waals surface area contributed by atoms with Crippen molar-refractivity contribution >= 4 is 0 Å². The van der Waals surface area contributed by atoms with Gasteiger partial charge in [-0.15, -0.1) is 0 Å². The summed E-state index contributed by atoms with van der Waals surface area (Å²) in [7, 11) is 1.53. The van der Waals surface area contributed by atoms with Gasteiger partial charge in [-0.1, -0.05) is 17.7 Å². The van der Waals surface area contributed by atoms with Gasteiger partial charge in [0.05, 0.1) is 12.7 Å². The first-order valence-electron chi connectivity index (χ1n) is 6.56. The monoisotopic (exact) mass is 290 g/mol. The fourth-order valence-electron chi connectivity index (χ4n) is 2.21. The second-order valence-corrected chi connectivity index (χ2v) is 5.46. The van der Waals surface area contributed by atoms with Crippen molar-refractivity contribution in [2.24, 2.45) is 0 Å². The zero-order chi connectivity index (χ0) is 15.4. The van der Waals surface area contributed by atoms with E-state index in [4.69, 9.17) is 4.74 Å². The van der Waals surface area contributed by atoms with Crippen molar-refractivity contribution in [2.45, 2.75) is 51.3 Å². The maximum atomic E-state index is 12.1. The Labute approximate surface area is 117 Å². The summed E-state index contributed by atoms with van der Waals surface area (Å²) in [5.41, 5.74) is 0.656. The van der Waals surface area contributed by atoms with Gasteiger partial charge < -0.3 is 9.84 Å². The van der Waals surface area contributed by atoms with Gasteiger partial charge in [0.2, 0.25) is 0 Å². The summed E-state index contributed by atoms with van der Waals surface area (Å²) in [6.45, 7) is 3.48. The number of hydrogen-bond donors (Lipinski definition) is 1. The van der Waals surface area contributed by atoms with Crippen molar-refractivity contribution in [3.8, 4) is 5.75 Å². The van der Waals surface area contributed by atoms with Crippen LogP contribution in [0.25, 0.3) is 0 Å². The molecule has 0 amide bonds. The first-order valence-corrected chi connectivity index (χ1v) is 6.56. The summed E-state index contributed by atoms with van der Waals surface area (Å²) < 4.78 is 41.6. The number of benzene rings is 1. The quantitative estimate of drug-likeness (QED) is 0.857. The number of methoxy groups -OCH3 is 1. The first kappa shape index (κ1) is 16.8. The molecular formula is C15H21F3O2. The zero-order valence-corrected chi connectivity index (χ0v) is 12.0. The fourth-order valence-corrected chi connectivity index (χ4v) is 2.21. The van der Waals surface area contributed by atoms with Crippen molar-refractivity contribution in [1.82, 2.24) is 0 Å². The Kier molecular flexibility index (Phi) is 5.45. The van der Waals surface area contributed by atoms with Crippen molar-refractivity contribution in [3.05, 3.63) is 29.3 Å². The van der Waals surface area contributed by atoms with Gasteiger partial charge in [-0.05, 0) is 38.3 Å². The van der Waals surface area contributed by atoms with E-state index in [2.05, 4.69) is 0 Å². The lowest BCUT2D eigenvalue weighted by Crippen LogP contribution is -2.28. The van der Waals surface area contributed by atoms with Crippen molar-refractivity contribution in [1.29, 1.82) is 0 Å². The fraction of sp³-hybridized carbons (Fsp3) is 0.600. The van der Waals surface area contributed by atoms with Gasteiger partial charge in [-0.3, -0.25) is 0 Å². The Hall–Kier alpha value is -1.23. The molecule has 1 N–H and O–H groups in total. The van der Waals surface area contributed by atoms with Crippen LogP contribution in [0.3, 0.4) is 0 Å². The van der Waals surface area contributed by atoms with E-state index in [9.17, 15) is 18.3 Å². The van der Waals surface area contributed by atoms with Crippen molar-refractivity contribution < 1.29 is 23.0 Å². The second kappa shape index (κ2) is 6.48. The van der Waals surface area contributed by atoms with Crippen molar-refractivity contribution in [2.75, 3.05) is 7.11 Å². The molecule has 1 atom stereocenters. The molecule has 0 aliphatic rings. The first-order chi connectivity index (χ1) is 9.13. The van der Waals surface area contributed by atoms with Gasteiger partial charge in [0.1, 0.15) is 5.75 Å². The normalized spacial score (nSPS) is 14.9. The lowest BCUT2D eigenvalue weighted by atomic mass is 9.90. The molecule has 0 bridgehead atoms. The maximum Gasteiger partial charge on any atom is 0.389 e. The molecule has 1 unspecified atom stereocenters. The molecule has 0 heterocycles. The van der Waals surface area contributed by atoms with E-state index in [0.717, 1.165) is 11.1 Å². The second-order valence-electron chi connectivity index (χ2n) is 5.46. The molecule has 0 fully saturated rings. The highest BCUT2D eigenvalue weighted by molar-refractivity contribution is 5.37. The molecule has 0 aliphatic carbocycles. The molecule has 0 saturated carbocycles. The van der Waals surface area contributed by atoms with E-state index < -0.39 is 18.2 Å². The minimum atomic E-state index is -4.17. The van der Waals surface area contributed by atoms with Crippen LogP contribution in [-0.2, 0) is 6.42 Å². The molecule has 0 radical (unpaired) electrons. The number of hydrogen-bond acceptors (Lipinski definition) is 2. The molecular weight excluding hydrogens is 269 g/mol. The molecule has 20 heavy (non-hydrogen) atoms. The molecule has 0 spiro atoms. The summed E-state index contributed by atoms with van der Waals surface area (Å²) in [5, 5.41) is 10.3. The average Bonchev–Trinajstić information content (AvgIpc) is 2.26. The van der Waals surface area contributed by atoms with Crippen molar-refractivity contribution in [3.63, 3.8) is 0 Å². The van der Waals surface area contributed by atoms with Crippen LogP contribution in [0.15, 0.2) is 18.2 Å². The predicted molar refractivity (Wildman–Crippen MR) is 72.0 cm³/mol. The van der Waals surface area contributed by atoms with Crippen LogP contribution >= 0.6 is 0 Å². The van der Waals surface area contributed by atoms with E-state index in [0.29, 0.717) is 5.75 Å². The van der Waals surface area contributed by atoms with Gasteiger partial charge in [0, 0.05) is 12.8 Å². The third-order valence-electron chi connectivity index (χ3n) is 3.18. The SMILES string of the molecule is COc1ccc(C)cc1CC(C)(O)CCCC(F)(F)F. The zero-order valence-electron chi connectivity index (χ0n) is 12.0. The minimum absolute atomic E-state index is 0.0787. The number of aryl methyl sites for hydroxylation is 1. The molecule has 1 rings (SSSR count). The topological polar surface area (TPSA) is 29.5 Å². The third-order valence-corrected chi connectivity index (χ3v) is 3.18. The van der Waals surface area contributed by atoms with Crippen LogP contribution in [0, 0.1) is 6.92 Å². The van der Waals surface area contributed by atoms with Gasteiger partial charge in [-0.2, -0.15) is 13.2 Å². The Bertz CT molecular complexity index is 439. The van der Waals surface area contributed by atoms with E-state index in [1.54, 1.807) is 13.0 Å². The Morgan fingerprint density at radius 1 is 1.20 bits per heavy atom. The van der Waals surface area contributed by atoms with E-state index in [1.807, 2.05) is 19.1 Å². The Balaban J connectivity index is 2.68. The van der Waals surface area contributed by atoms with Crippen LogP contribution in [-0.4, -0.2) is 24.0 Å². The number of aliphatic hydroxyl groups is 1. The largest absolute Gasteiger partial charge is 0.496 e. The van der Waals surface area contributed by atoms with Crippen LogP contribution < -0.4 is 4.74 Å².